The average molecular weight is 303 g/mol. The maximum atomic E-state index is 13.6. The van der Waals surface area contributed by atoms with Gasteiger partial charge in [0.1, 0.15) is 0 Å². The highest BCUT2D eigenvalue weighted by atomic mass is 35.5. The van der Waals surface area contributed by atoms with Gasteiger partial charge in [0.15, 0.2) is 11.6 Å². The Morgan fingerprint density at radius 2 is 2.06 bits per heavy atom. The lowest BCUT2D eigenvalue weighted by Crippen LogP contribution is -2.29. The van der Waals surface area contributed by atoms with Gasteiger partial charge in [-0.3, -0.25) is 0 Å². The van der Waals surface area contributed by atoms with Crippen LogP contribution in [-0.4, -0.2) is 31.2 Å². The number of nitrogens with zero attached hydrogens (tertiary/aromatic N) is 2. The van der Waals surface area contributed by atoms with Crippen LogP contribution in [0.15, 0.2) is 12.3 Å². The van der Waals surface area contributed by atoms with Gasteiger partial charge in [-0.05, 0) is 19.0 Å². The van der Waals surface area contributed by atoms with Gasteiger partial charge in [0.25, 0.3) is 0 Å². The average Bonchev–Trinajstić information content (AvgIpc) is 2.46. The third-order valence-electron chi connectivity index (χ3n) is 2.43. The van der Waals surface area contributed by atoms with Gasteiger partial charge < -0.3 is 10.2 Å². The Morgan fingerprint density at radius 1 is 1.29 bits per heavy atom. The van der Waals surface area contributed by atoms with E-state index in [0.29, 0.717) is 10.8 Å². The maximum Gasteiger partial charge on any atom is 0.167 e. The van der Waals surface area contributed by atoms with Gasteiger partial charge in [0.05, 0.1) is 5.02 Å². The van der Waals surface area contributed by atoms with Crippen molar-refractivity contribution in [1.29, 1.82) is 0 Å². The Bertz CT molecular complexity index is 344. The Balaban J connectivity index is 0.00000128. The topological polar surface area (TPSA) is 28.2 Å². The SMILES string of the molecule is Cl.Cl.Fc1cc(Cl)cnc1N1CCCNCC1. The summed E-state index contributed by atoms with van der Waals surface area (Å²) in [7, 11) is 0. The third kappa shape index (κ3) is 4.47. The summed E-state index contributed by atoms with van der Waals surface area (Å²) in [5, 5.41) is 3.60. The standard InChI is InChI=1S/C10H13ClFN3.2ClH/c11-8-6-9(12)10(14-7-8)15-4-1-2-13-3-5-15;;/h6-7,13H,1-5H2;2*1H. The largest absolute Gasteiger partial charge is 0.353 e. The molecule has 0 spiro atoms. The molecule has 1 aliphatic heterocycles. The first kappa shape index (κ1) is 16.7. The van der Waals surface area contributed by atoms with Gasteiger partial charge in [-0.15, -0.1) is 24.8 Å². The summed E-state index contributed by atoms with van der Waals surface area (Å²) in [5.41, 5.74) is 0. The highest BCUT2D eigenvalue weighted by Crippen LogP contribution is 2.19. The predicted molar refractivity (Wildman–Crippen MR) is 73.4 cm³/mol. The van der Waals surface area contributed by atoms with Crippen molar-refractivity contribution < 1.29 is 4.39 Å². The first-order chi connectivity index (χ1) is 7.27. The smallest absolute Gasteiger partial charge is 0.167 e. The van der Waals surface area contributed by atoms with E-state index in [-0.39, 0.29) is 30.6 Å². The lowest BCUT2D eigenvalue weighted by atomic mass is 10.3. The normalized spacial score (nSPS) is 15.5. The van der Waals surface area contributed by atoms with Crippen LogP contribution in [0.1, 0.15) is 6.42 Å². The predicted octanol–water partition coefficient (Wildman–Crippen LogP) is 2.52. The van der Waals surface area contributed by atoms with E-state index in [1.165, 1.54) is 12.3 Å². The molecule has 0 unspecified atom stereocenters. The molecule has 0 radical (unpaired) electrons. The van der Waals surface area contributed by atoms with Crippen molar-refractivity contribution in [3.63, 3.8) is 0 Å². The van der Waals surface area contributed by atoms with Crippen LogP contribution in [0.3, 0.4) is 0 Å². The van der Waals surface area contributed by atoms with E-state index in [1.54, 1.807) is 0 Å². The van der Waals surface area contributed by atoms with Crippen molar-refractivity contribution in [3.8, 4) is 0 Å². The molecule has 1 fully saturated rings. The van der Waals surface area contributed by atoms with Gasteiger partial charge in [-0.1, -0.05) is 11.6 Å². The lowest BCUT2D eigenvalue weighted by Gasteiger charge is -2.21. The number of halogens is 4. The molecule has 1 N–H and O–H groups in total. The van der Waals surface area contributed by atoms with Crippen molar-refractivity contribution in [2.45, 2.75) is 6.42 Å². The van der Waals surface area contributed by atoms with Crippen molar-refractivity contribution in [2.24, 2.45) is 0 Å². The molecule has 2 rings (SSSR count). The monoisotopic (exact) mass is 301 g/mol. The quantitative estimate of drug-likeness (QED) is 0.864. The van der Waals surface area contributed by atoms with Gasteiger partial charge in [-0.25, -0.2) is 9.37 Å². The highest BCUT2D eigenvalue weighted by Gasteiger charge is 2.14. The van der Waals surface area contributed by atoms with E-state index >= 15 is 0 Å². The maximum absolute atomic E-state index is 13.6. The van der Waals surface area contributed by atoms with E-state index in [0.717, 1.165) is 32.6 Å². The van der Waals surface area contributed by atoms with Crippen molar-refractivity contribution >= 4 is 42.2 Å². The molecule has 1 aliphatic rings. The number of nitrogens with one attached hydrogen (secondary N) is 1. The lowest BCUT2D eigenvalue weighted by molar-refractivity contribution is 0.610. The molecule has 1 aromatic heterocycles. The fraction of sp³-hybridized carbons (Fsp3) is 0.500. The summed E-state index contributed by atoms with van der Waals surface area (Å²) in [6, 6.07) is 1.31. The zero-order chi connectivity index (χ0) is 10.7. The molecule has 7 heteroatoms. The Morgan fingerprint density at radius 3 is 2.76 bits per heavy atom. The first-order valence-corrected chi connectivity index (χ1v) is 5.42. The molecule has 0 atom stereocenters. The molecule has 0 bridgehead atoms. The molecule has 17 heavy (non-hydrogen) atoms. The van der Waals surface area contributed by atoms with E-state index < -0.39 is 0 Å². The summed E-state index contributed by atoms with van der Waals surface area (Å²) in [5.74, 6) is 0.0625. The van der Waals surface area contributed by atoms with E-state index in [2.05, 4.69) is 10.3 Å². The van der Waals surface area contributed by atoms with Crippen LogP contribution in [0, 0.1) is 5.82 Å². The van der Waals surface area contributed by atoms with E-state index in [1.807, 2.05) is 4.90 Å². The summed E-state index contributed by atoms with van der Waals surface area (Å²) in [4.78, 5) is 5.98. The molecule has 3 nitrogen and oxygen atoms in total. The van der Waals surface area contributed by atoms with Gasteiger partial charge in [0, 0.05) is 25.8 Å². The third-order valence-corrected chi connectivity index (χ3v) is 2.63. The zero-order valence-corrected chi connectivity index (χ0v) is 11.5. The van der Waals surface area contributed by atoms with Gasteiger partial charge in [0.2, 0.25) is 0 Å². The molecule has 1 aromatic rings. The minimum Gasteiger partial charge on any atom is -0.353 e. The minimum absolute atomic E-state index is 0. The second kappa shape index (κ2) is 7.93. The summed E-state index contributed by atoms with van der Waals surface area (Å²) in [6.07, 6.45) is 2.49. The molecule has 0 amide bonds. The number of aromatic nitrogens is 1. The van der Waals surface area contributed by atoms with Crippen LogP contribution in [0.2, 0.25) is 5.02 Å². The minimum atomic E-state index is -0.343. The Labute approximate surface area is 118 Å². The van der Waals surface area contributed by atoms with Crippen LogP contribution < -0.4 is 10.2 Å². The molecule has 0 aliphatic carbocycles. The van der Waals surface area contributed by atoms with Crippen molar-refractivity contribution in [2.75, 3.05) is 31.1 Å². The number of anilines is 1. The highest BCUT2D eigenvalue weighted by molar-refractivity contribution is 6.30. The second-order valence-corrected chi connectivity index (χ2v) is 3.99. The number of pyridine rings is 1. The summed E-state index contributed by atoms with van der Waals surface area (Å²) < 4.78 is 13.6. The molecule has 98 valence electrons. The van der Waals surface area contributed by atoms with Crippen LogP contribution in [0.5, 0.6) is 0 Å². The van der Waals surface area contributed by atoms with Crippen LogP contribution in [0.25, 0.3) is 0 Å². The Hall–Kier alpha value is -0.290. The van der Waals surface area contributed by atoms with E-state index in [9.17, 15) is 4.39 Å². The van der Waals surface area contributed by atoms with E-state index in [4.69, 9.17) is 11.6 Å². The van der Waals surface area contributed by atoms with Gasteiger partial charge >= 0.3 is 0 Å². The molecular weight excluding hydrogens is 287 g/mol. The molecule has 0 saturated carbocycles. The fourth-order valence-corrected chi connectivity index (χ4v) is 1.84. The Kier molecular flexibility index (Phi) is 7.79. The van der Waals surface area contributed by atoms with Crippen LogP contribution in [-0.2, 0) is 0 Å². The summed E-state index contributed by atoms with van der Waals surface area (Å²) in [6.45, 7) is 3.46. The van der Waals surface area contributed by atoms with Crippen LogP contribution in [0.4, 0.5) is 10.2 Å². The van der Waals surface area contributed by atoms with Gasteiger partial charge in [-0.2, -0.15) is 0 Å². The molecule has 2 heterocycles. The first-order valence-electron chi connectivity index (χ1n) is 5.04. The molecular formula is C10H15Cl3FN3. The summed E-state index contributed by atoms with van der Waals surface area (Å²) >= 11 is 5.65. The number of hydrogen-bond donors (Lipinski definition) is 1. The van der Waals surface area contributed by atoms with Crippen molar-refractivity contribution in [3.05, 3.63) is 23.1 Å². The zero-order valence-electron chi connectivity index (χ0n) is 9.16. The molecule has 1 saturated heterocycles. The van der Waals surface area contributed by atoms with Crippen molar-refractivity contribution in [1.82, 2.24) is 10.3 Å². The fourth-order valence-electron chi connectivity index (χ4n) is 1.70. The second-order valence-electron chi connectivity index (χ2n) is 3.55. The van der Waals surface area contributed by atoms with Crippen LogP contribution >= 0.6 is 36.4 Å². The molecule has 0 aromatic carbocycles. The number of hydrogen-bond acceptors (Lipinski definition) is 3. The number of rotatable bonds is 1.